The first kappa shape index (κ1) is 18.8. The number of para-hydroxylation sites is 1. The van der Waals surface area contributed by atoms with Crippen LogP contribution in [0.25, 0.3) is 0 Å². The van der Waals surface area contributed by atoms with Crippen LogP contribution in [0, 0.1) is 6.92 Å². The molecule has 2 N–H and O–H groups in total. The molecule has 0 bridgehead atoms. The molecule has 1 amide bonds. The number of sulfonamides is 1. The average Bonchev–Trinajstić information content (AvgIpc) is 2.53. The van der Waals surface area contributed by atoms with Gasteiger partial charge in [0.05, 0.1) is 23.5 Å². The van der Waals surface area contributed by atoms with Crippen molar-refractivity contribution in [3.8, 4) is 5.75 Å². The lowest BCUT2D eigenvalue weighted by molar-refractivity contribution is 0.0927. The number of aryl methyl sites for hydroxylation is 1. The Bertz CT molecular complexity index is 832. The highest BCUT2D eigenvalue weighted by Gasteiger charge is 2.15. The highest BCUT2D eigenvalue weighted by molar-refractivity contribution is 7.92. The molecule has 0 aliphatic carbocycles. The molecule has 2 aromatic carbocycles. The smallest absolute Gasteiger partial charge is 0.253 e. The lowest BCUT2D eigenvalue weighted by Gasteiger charge is -2.17. The Balaban J connectivity index is 1.98. The Morgan fingerprint density at radius 2 is 1.76 bits per heavy atom. The molecular formula is C18H22N2O4S. The molecule has 0 radical (unpaired) electrons. The SMILES string of the molecule is Cc1ccc(OC[C@H](C)NC(=O)c2ccccc2NS(C)(=O)=O)cc1. The molecule has 25 heavy (non-hydrogen) atoms. The fraction of sp³-hybridized carbons (Fsp3) is 0.278. The van der Waals surface area contributed by atoms with Gasteiger partial charge in [-0.3, -0.25) is 9.52 Å². The summed E-state index contributed by atoms with van der Waals surface area (Å²) in [5, 5.41) is 2.81. The van der Waals surface area contributed by atoms with Crippen molar-refractivity contribution >= 4 is 21.6 Å². The van der Waals surface area contributed by atoms with Gasteiger partial charge < -0.3 is 10.1 Å². The summed E-state index contributed by atoms with van der Waals surface area (Å²) in [5.74, 6) is 0.359. The molecule has 7 heteroatoms. The first-order chi connectivity index (χ1) is 11.7. The van der Waals surface area contributed by atoms with Gasteiger partial charge in [0.15, 0.2) is 0 Å². The van der Waals surface area contributed by atoms with Crippen LogP contribution < -0.4 is 14.8 Å². The molecule has 2 rings (SSSR count). The van der Waals surface area contributed by atoms with Crippen molar-refractivity contribution in [1.82, 2.24) is 5.32 Å². The van der Waals surface area contributed by atoms with Crippen molar-refractivity contribution in [3.63, 3.8) is 0 Å². The highest BCUT2D eigenvalue weighted by atomic mass is 32.2. The molecule has 2 aromatic rings. The van der Waals surface area contributed by atoms with Crippen LogP contribution in [0.1, 0.15) is 22.8 Å². The molecule has 0 saturated heterocycles. The van der Waals surface area contributed by atoms with Gasteiger partial charge in [0, 0.05) is 0 Å². The Morgan fingerprint density at radius 1 is 1.12 bits per heavy atom. The number of rotatable bonds is 7. The van der Waals surface area contributed by atoms with E-state index in [0.717, 1.165) is 17.6 Å². The molecule has 0 aliphatic heterocycles. The summed E-state index contributed by atoms with van der Waals surface area (Å²) in [7, 11) is -3.47. The number of carbonyl (C=O) groups excluding carboxylic acids is 1. The second kappa shape index (κ2) is 8.02. The third-order valence-corrected chi connectivity index (χ3v) is 3.96. The topological polar surface area (TPSA) is 84.5 Å². The summed E-state index contributed by atoms with van der Waals surface area (Å²) in [6.45, 7) is 4.11. The van der Waals surface area contributed by atoms with Gasteiger partial charge in [-0.2, -0.15) is 0 Å². The van der Waals surface area contributed by atoms with Crippen LogP contribution in [0.5, 0.6) is 5.75 Å². The van der Waals surface area contributed by atoms with E-state index in [1.807, 2.05) is 38.1 Å². The predicted molar refractivity (Wildman–Crippen MR) is 98.5 cm³/mol. The molecule has 0 saturated carbocycles. The molecule has 1 atom stereocenters. The minimum absolute atomic E-state index is 0.245. The number of carbonyl (C=O) groups is 1. The number of nitrogens with one attached hydrogen (secondary N) is 2. The monoisotopic (exact) mass is 362 g/mol. The second-order valence-corrected chi connectivity index (χ2v) is 7.67. The zero-order valence-electron chi connectivity index (χ0n) is 14.4. The van der Waals surface area contributed by atoms with Gasteiger partial charge in [-0.1, -0.05) is 29.8 Å². The highest BCUT2D eigenvalue weighted by Crippen LogP contribution is 2.16. The maximum Gasteiger partial charge on any atom is 0.253 e. The lowest BCUT2D eigenvalue weighted by Crippen LogP contribution is -2.37. The Morgan fingerprint density at radius 3 is 2.40 bits per heavy atom. The summed E-state index contributed by atoms with van der Waals surface area (Å²) >= 11 is 0. The van der Waals surface area contributed by atoms with Crippen LogP contribution in [0.2, 0.25) is 0 Å². The van der Waals surface area contributed by atoms with Gasteiger partial charge in [0.1, 0.15) is 12.4 Å². The van der Waals surface area contributed by atoms with E-state index >= 15 is 0 Å². The first-order valence-corrected chi connectivity index (χ1v) is 9.71. The van der Waals surface area contributed by atoms with E-state index in [0.29, 0.717) is 6.61 Å². The van der Waals surface area contributed by atoms with Gasteiger partial charge in [0.2, 0.25) is 10.0 Å². The summed E-state index contributed by atoms with van der Waals surface area (Å²) < 4.78 is 30.8. The van der Waals surface area contributed by atoms with Crippen LogP contribution in [0.15, 0.2) is 48.5 Å². The Kier molecular flexibility index (Phi) is 6.03. The Hall–Kier alpha value is -2.54. The maximum absolute atomic E-state index is 12.4. The molecule has 0 heterocycles. The number of hydrogen-bond donors (Lipinski definition) is 2. The van der Waals surface area contributed by atoms with Crippen LogP contribution in [-0.4, -0.2) is 33.2 Å². The van der Waals surface area contributed by atoms with E-state index in [1.165, 1.54) is 0 Å². The van der Waals surface area contributed by atoms with Gasteiger partial charge >= 0.3 is 0 Å². The maximum atomic E-state index is 12.4. The number of amides is 1. The molecule has 0 spiro atoms. The van der Waals surface area contributed by atoms with E-state index in [-0.39, 0.29) is 23.2 Å². The van der Waals surface area contributed by atoms with Crippen LogP contribution in [-0.2, 0) is 10.0 Å². The summed E-state index contributed by atoms with van der Waals surface area (Å²) in [6, 6.07) is 13.8. The van der Waals surface area contributed by atoms with E-state index in [4.69, 9.17) is 4.74 Å². The first-order valence-electron chi connectivity index (χ1n) is 7.82. The molecule has 0 unspecified atom stereocenters. The molecule has 0 aromatic heterocycles. The number of hydrogen-bond acceptors (Lipinski definition) is 4. The van der Waals surface area contributed by atoms with Crippen molar-refractivity contribution in [2.75, 3.05) is 17.6 Å². The van der Waals surface area contributed by atoms with Gasteiger partial charge in [-0.05, 0) is 38.1 Å². The van der Waals surface area contributed by atoms with Crippen molar-refractivity contribution in [1.29, 1.82) is 0 Å². The number of anilines is 1. The fourth-order valence-corrected chi connectivity index (χ4v) is 2.75. The number of benzene rings is 2. The standard InChI is InChI=1S/C18H22N2O4S/c1-13-8-10-15(11-9-13)24-12-14(2)19-18(21)16-6-4-5-7-17(16)20-25(3,22)23/h4-11,14,20H,12H2,1-3H3,(H,19,21)/t14-/m0/s1. The minimum atomic E-state index is -3.47. The third-order valence-electron chi connectivity index (χ3n) is 3.37. The van der Waals surface area contributed by atoms with Crippen molar-refractivity contribution < 1.29 is 17.9 Å². The van der Waals surface area contributed by atoms with Crippen LogP contribution in [0.3, 0.4) is 0 Å². The molecule has 6 nitrogen and oxygen atoms in total. The molecule has 0 fully saturated rings. The molecule has 0 aliphatic rings. The van der Waals surface area contributed by atoms with Crippen molar-refractivity contribution in [2.24, 2.45) is 0 Å². The van der Waals surface area contributed by atoms with Crippen molar-refractivity contribution in [3.05, 3.63) is 59.7 Å². The van der Waals surface area contributed by atoms with Crippen LogP contribution in [0.4, 0.5) is 5.69 Å². The number of ether oxygens (including phenoxy) is 1. The van der Waals surface area contributed by atoms with Gasteiger partial charge in [0.25, 0.3) is 5.91 Å². The largest absolute Gasteiger partial charge is 0.491 e. The fourth-order valence-electron chi connectivity index (χ4n) is 2.17. The second-order valence-electron chi connectivity index (χ2n) is 5.92. The van der Waals surface area contributed by atoms with Crippen LogP contribution >= 0.6 is 0 Å². The zero-order chi connectivity index (χ0) is 18.4. The summed E-state index contributed by atoms with van der Waals surface area (Å²) in [4.78, 5) is 12.4. The summed E-state index contributed by atoms with van der Waals surface area (Å²) in [6.07, 6.45) is 1.04. The third kappa shape index (κ3) is 6.11. The normalized spacial score (nSPS) is 12.3. The molecular weight excluding hydrogens is 340 g/mol. The van der Waals surface area contributed by atoms with E-state index < -0.39 is 10.0 Å². The Labute approximate surface area is 148 Å². The lowest BCUT2D eigenvalue weighted by atomic mass is 10.1. The predicted octanol–water partition coefficient (Wildman–Crippen LogP) is 2.56. The minimum Gasteiger partial charge on any atom is -0.491 e. The van der Waals surface area contributed by atoms with E-state index in [2.05, 4.69) is 10.0 Å². The molecule has 134 valence electrons. The van der Waals surface area contributed by atoms with Gasteiger partial charge in [-0.25, -0.2) is 8.42 Å². The van der Waals surface area contributed by atoms with Crippen molar-refractivity contribution in [2.45, 2.75) is 19.9 Å². The zero-order valence-corrected chi connectivity index (χ0v) is 15.3. The van der Waals surface area contributed by atoms with E-state index in [1.54, 1.807) is 24.3 Å². The summed E-state index contributed by atoms with van der Waals surface area (Å²) in [5.41, 5.74) is 1.65. The average molecular weight is 362 g/mol. The van der Waals surface area contributed by atoms with E-state index in [9.17, 15) is 13.2 Å². The van der Waals surface area contributed by atoms with Gasteiger partial charge in [-0.15, -0.1) is 0 Å². The quantitative estimate of drug-likeness (QED) is 0.793.